The summed E-state index contributed by atoms with van der Waals surface area (Å²) in [4.78, 5) is 14.5. The molecule has 0 bridgehead atoms. The lowest BCUT2D eigenvalue weighted by atomic mass is 9.90. The van der Waals surface area contributed by atoms with Crippen LogP contribution in [0.5, 0.6) is 0 Å². The Morgan fingerprint density at radius 1 is 1.24 bits per heavy atom. The summed E-state index contributed by atoms with van der Waals surface area (Å²) in [6.45, 7) is 10.8. The van der Waals surface area contributed by atoms with Gasteiger partial charge in [0.05, 0.1) is 0 Å². The van der Waals surface area contributed by atoms with E-state index in [2.05, 4.69) is 25.7 Å². The third-order valence-electron chi connectivity index (χ3n) is 3.85. The molecule has 1 rings (SSSR count). The molecule has 0 aliphatic carbocycles. The van der Waals surface area contributed by atoms with Gasteiger partial charge in [0.1, 0.15) is 0 Å². The maximum Gasteiger partial charge on any atom is 0.225 e. The number of piperidine rings is 1. The molecule has 0 aromatic rings. The second-order valence-corrected chi connectivity index (χ2v) is 6.31. The molecule has 0 aromatic heterocycles. The molecule has 17 heavy (non-hydrogen) atoms. The molecule has 0 spiro atoms. The van der Waals surface area contributed by atoms with Crippen molar-refractivity contribution in [3.05, 3.63) is 0 Å². The summed E-state index contributed by atoms with van der Waals surface area (Å²) in [5.41, 5.74) is 0. The van der Waals surface area contributed by atoms with Gasteiger partial charge in [-0.1, -0.05) is 27.7 Å². The van der Waals surface area contributed by atoms with Crippen molar-refractivity contribution in [2.45, 2.75) is 78.8 Å². The average Bonchev–Trinajstić information content (AvgIpc) is 2.25. The Kier molecular flexibility index (Phi) is 5.48. The Morgan fingerprint density at radius 3 is 2.41 bits per heavy atom. The molecule has 1 aliphatic rings. The zero-order valence-corrected chi connectivity index (χ0v) is 12.2. The molecule has 0 saturated carbocycles. The van der Waals surface area contributed by atoms with Gasteiger partial charge in [-0.15, -0.1) is 0 Å². The summed E-state index contributed by atoms with van der Waals surface area (Å²) in [5, 5.41) is 0. The minimum atomic E-state index is 0.136. The lowest BCUT2D eigenvalue weighted by Gasteiger charge is -2.42. The van der Waals surface area contributed by atoms with Crippen LogP contribution in [0, 0.1) is 11.8 Å². The molecule has 2 unspecified atom stereocenters. The highest BCUT2D eigenvalue weighted by atomic mass is 16.2. The van der Waals surface area contributed by atoms with E-state index < -0.39 is 0 Å². The van der Waals surface area contributed by atoms with Crippen LogP contribution >= 0.6 is 0 Å². The normalized spacial score (nSPS) is 25.7. The van der Waals surface area contributed by atoms with Gasteiger partial charge in [0.2, 0.25) is 5.91 Å². The number of amides is 1. The summed E-state index contributed by atoms with van der Waals surface area (Å²) in [7, 11) is 0. The van der Waals surface area contributed by atoms with Gasteiger partial charge in [0.25, 0.3) is 0 Å². The van der Waals surface area contributed by atoms with E-state index in [-0.39, 0.29) is 5.92 Å². The standard InChI is InChI=1S/C15H29NO/c1-11(2)9-10-14-8-6-7-13(5)16(14)15(17)12(3)4/h11-14H,6-10H2,1-5H3. The van der Waals surface area contributed by atoms with Crippen LogP contribution in [0.1, 0.15) is 66.7 Å². The van der Waals surface area contributed by atoms with E-state index in [9.17, 15) is 4.79 Å². The fourth-order valence-electron chi connectivity index (χ4n) is 2.79. The van der Waals surface area contributed by atoms with Crippen molar-refractivity contribution in [3.8, 4) is 0 Å². The highest BCUT2D eigenvalue weighted by molar-refractivity contribution is 5.78. The first kappa shape index (κ1) is 14.5. The molecule has 1 aliphatic heterocycles. The van der Waals surface area contributed by atoms with Gasteiger partial charge < -0.3 is 4.90 Å². The molecular weight excluding hydrogens is 210 g/mol. The van der Waals surface area contributed by atoms with Gasteiger partial charge in [-0.25, -0.2) is 0 Å². The molecule has 1 amide bonds. The number of carbonyl (C=O) groups is 1. The quantitative estimate of drug-likeness (QED) is 0.729. The zero-order valence-electron chi connectivity index (χ0n) is 12.2. The number of rotatable bonds is 4. The monoisotopic (exact) mass is 239 g/mol. The van der Waals surface area contributed by atoms with Crippen LogP contribution in [0.2, 0.25) is 0 Å². The van der Waals surface area contributed by atoms with Gasteiger partial charge in [0.15, 0.2) is 0 Å². The largest absolute Gasteiger partial charge is 0.337 e. The van der Waals surface area contributed by atoms with E-state index in [1.165, 1.54) is 32.1 Å². The van der Waals surface area contributed by atoms with Crippen molar-refractivity contribution in [1.82, 2.24) is 4.90 Å². The minimum Gasteiger partial charge on any atom is -0.337 e. The van der Waals surface area contributed by atoms with Gasteiger partial charge in [0, 0.05) is 18.0 Å². The summed E-state index contributed by atoms with van der Waals surface area (Å²) in [5.74, 6) is 1.23. The van der Waals surface area contributed by atoms with E-state index >= 15 is 0 Å². The molecule has 1 heterocycles. The summed E-state index contributed by atoms with van der Waals surface area (Å²) < 4.78 is 0. The van der Waals surface area contributed by atoms with Crippen molar-refractivity contribution in [1.29, 1.82) is 0 Å². The molecule has 1 saturated heterocycles. The molecular formula is C15H29NO. The van der Waals surface area contributed by atoms with Gasteiger partial charge in [-0.05, 0) is 44.9 Å². The highest BCUT2D eigenvalue weighted by Gasteiger charge is 2.32. The Hall–Kier alpha value is -0.530. The van der Waals surface area contributed by atoms with Crippen molar-refractivity contribution in [3.63, 3.8) is 0 Å². The fourth-order valence-corrected chi connectivity index (χ4v) is 2.79. The first-order valence-electron chi connectivity index (χ1n) is 7.25. The molecule has 2 atom stereocenters. The van der Waals surface area contributed by atoms with E-state index in [1.54, 1.807) is 0 Å². The molecule has 1 fully saturated rings. The zero-order chi connectivity index (χ0) is 13.0. The summed E-state index contributed by atoms with van der Waals surface area (Å²) >= 11 is 0. The van der Waals surface area contributed by atoms with Crippen LogP contribution in [0.15, 0.2) is 0 Å². The van der Waals surface area contributed by atoms with E-state index in [0.717, 1.165) is 5.92 Å². The third kappa shape index (κ3) is 4.01. The van der Waals surface area contributed by atoms with Crippen LogP contribution < -0.4 is 0 Å². The van der Waals surface area contributed by atoms with Crippen LogP contribution in [-0.4, -0.2) is 22.9 Å². The van der Waals surface area contributed by atoms with Crippen molar-refractivity contribution in [2.75, 3.05) is 0 Å². The smallest absolute Gasteiger partial charge is 0.225 e. The predicted octanol–water partition coefficient (Wildman–Crippen LogP) is 3.85. The van der Waals surface area contributed by atoms with E-state index in [1.807, 2.05) is 13.8 Å². The predicted molar refractivity (Wildman–Crippen MR) is 72.9 cm³/mol. The minimum absolute atomic E-state index is 0.136. The third-order valence-corrected chi connectivity index (χ3v) is 3.85. The van der Waals surface area contributed by atoms with Crippen LogP contribution in [-0.2, 0) is 4.79 Å². The topological polar surface area (TPSA) is 20.3 Å². The summed E-state index contributed by atoms with van der Waals surface area (Å²) in [6, 6.07) is 0.937. The second-order valence-electron chi connectivity index (χ2n) is 6.31. The Morgan fingerprint density at radius 2 is 1.88 bits per heavy atom. The fraction of sp³-hybridized carbons (Fsp3) is 0.933. The number of likely N-dealkylation sites (tertiary alicyclic amines) is 1. The molecule has 2 heteroatoms. The maximum absolute atomic E-state index is 12.3. The molecule has 0 aromatic carbocycles. The number of hydrogen-bond acceptors (Lipinski definition) is 1. The van der Waals surface area contributed by atoms with Crippen molar-refractivity contribution in [2.24, 2.45) is 11.8 Å². The van der Waals surface area contributed by atoms with Gasteiger partial charge in [-0.2, -0.15) is 0 Å². The Labute approximate surface area is 107 Å². The average molecular weight is 239 g/mol. The molecule has 2 nitrogen and oxygen atoms in total. The van der Waals surface area contributed by atoms with Crippen LogP contribution in [0.25, 0.3) is 0 Å². The van der Waals surface area contributed by atoms with Gasteiger partial charge >= 0.3 is 0 Å². The summed E-state index contributed by atoms with van der Waals surface area (Å²) in [6.07, 6.45) is 6.08. The first-order valence-corrected chi connectivity index (χ1v) is 7.25. The number of hydrogen-bond donors (Lipinski definition) is 0. The SMILES string of the molecule is CC(C)CCC1CCCC(C)N1C(=O)C(C)C. The van der Waals surface area contributed by atoms with E-state index in [4.69, 9.17) is 0 Å². The van der Waals surface area contributed by atoms with E-state index in [0.29, 0.717) is 18.0 Å². The molecule has 0 radical (unpaired) electrons. The molecule has 100 valence electrons. The number of carbonyl (C=O) groups excluding carboxylic acids is 1. The van der Waals surface area contributed by atoms with Crippen molar-refractivity contribution >= 4 is 5.91 Å². The van der Waals surface area contributed by atoms with Crippen molar-refractivity contribution < 1.29 is 4.79 Å². The number of nitrogens with zero attached hydrogens (tertiary/aromatic N) is 1. The van der Waals surface area contributed by atoms with Crippen LogP contribution in [0.4, 0.5) is 0 Å². The maximum atomic E-state index is 12.3. The Balaban J connectivity index is 2.67. The lowest BCUT2D eigenvalue weighted by Crippen LogP contribution is -2.50. The molecule has 0 N–H and O–H groups in total. The lowest BCUT2D eigenvalue weighted by molar-refractivity contribution is -0.141. The van der Waals surface area contributed by atoms with Crippen LogP contribution in [0.3, 0.4) is 0 Å². The second kappa shape index (κ2) is 6.42. The van der Waals surface area contributed by atoms with Gasteiger partial charge in [-0.3, -0.25) is 4.79 Å². The highest BCUT2D eigenvalue weighted by Crippen LogP contribution is 2.28. The first-order chi connectivity index (χ1) is 7.93. The Bertz CT molecular complexity index is 247.